The summed E-state index contributed by atoms with van der Waals surface area (Å²) in [6, 6.07) is 12.2. The fourth-order valence-electron chi connectivity index (χ4n) is 4.12. The molecule has 6 nitrogen and oxygen atoms in total. The molecule has 0 radical (unpaired) electrons. The number of ether oxygens (including phenoxy) is 2. The number of aromatic nitrogens is 1. The van der Waals surface area contributed by atoms with Crippen molar-refractivity contribution < 1.29 is 17.9 Å². The van der Waals surface area contributed by atoms with Gasteiger partial charge in [0.05, 0.1) is 23.6 Å². The minimum absolute atomic E-state index is 0.0497. The van der Waals surface area contributed by atoms with E-state index < -0.39 is 10.0 Å². The molecule has 1 fully saturated rings. The highest BCUT2D eigenvalue weighted by Crippen LogP contribution is 2.37. The van der Waals surface area contributed by atoms with Crippen molar-refractivity contribution in [2.24, 2.45) is 0 Å². The molecule has 7 heteroatoms. The summed E-state index contributed by atoms with van der Waals surface area (Å²) >= 11 is 0. The first kappa shape index (κ1) is 20.8. The fraction of sp³-hybridized carbons (Fsp3) is 0.391. The second-order valence-electron chi connectivity index (χ2n) is 8.15. The molecule has 0 saturated carbocycles. The van der Waals surface area contributed by atoms with Crippen molar-refractivity contribution >= 4 is 20.9 Å². The molecule has 1 aliphatic heterocycles. The lowest BCUT2D eigenvalue weighted by Crippen LogP contribution is -2.13. The zero-order valence-electron chi connectivity index (χ0n) is 17.8. The molecule has 1 saturated heterocycles. The molecule has 0 aliphatic carbocycles. The number of nitrogens with zero attached hydrogens (tertiary/aromatic N) is 2. The standard InChI is InChI=1S/C23H28N2O4S/c1-16(2)29-19-7-10-23-21(13-19)22(17-11-12-24(3)14-17)15-25(23)30(26,27)20-8-5-18(28-4)6-9-20/h5-10,13,15-17H,11-12,14H2,1-4H3. The van der Waals surface area contributed by atoms with Crippen molar-refractivity contribution in [1.82, 2.24) is 8.87 Å². The highest BCUT2D eigenvalue weighted by molar-refractivity contribution is 7.90. The summed E-state index contributed by atoms with van der Waals surface area (Å²) in [5, 5.41) is 0.936. The van der Waals surface area contributed by atoms with E-state index in [1.165, 1.54) is 3.97 Å². The van der Waals surface area contributed by atoms with E-state index in [9.17, 15) is 8.42 Å². The largest absolute Gasteiger partial charge is 0.497 e. The smallest absolute Gasteiger partial charge is 0.268 e. The monoisotopic (exact) mass is 428 g/mol. The quantitative estimate of drug-likeness (QED) is 0.592. The number of likely N-dealkylation sites (tertiary alicyclic amines) is 1. The second kappa shape index (κ2) is 7.96. The van der Waals surface area contributed by atoms with Gasteiger partial charge in [0.2, 0.25) is 0 Å². The molecular formula is C23H28N2O4S. The third-order valence-corrected chi connectivity index (χ3v) is 7.28. The van der Waals surface area contributed by atoms with Gasteiger partial charge in [0.15, 0.2) is 0 Å². The van der Waals surface area contributed by atoms with Crippen molar-refractivity contribution in [2.45, 2.75) is 37.2 Å². The van der Waals surface area contributed by atoms with Gasteiger partial charge in [-0.2, -0.15) is 0 Å². The van der Waals surface area contributed by atoms with Crippen LogP contribution in [0, 0.1) is 0 Å². The molecule has 1 aromatic heterocycles. The molecule has 0 amide bonds. The van der Waals surface area contributed by atoms with Crippen molar-refractivity contribution in [2.75, 3.05) is 27.2 Å². The van der Waals surface area contributed by atoms with Gasteiger partial charge < -0.3 is 14.4 Å². The van der Waals surface area contributed by atoms with Crippen molar-refractivity contribution in [3.05, 3.63) is 54.2 Å². The van der Waals surface area contributed by atoms with Gasteiger partial charge in [0.25, 0.3) is 10.0 Å². The number of hydrogen-bond donors (Lipinski definition) is 0. The molecule has 4 rings (SSSR count). The van der Waals surface area contributed by atoms with Gasteiger partial charge in [-0.25, -0.2) is 12.4 Å². The Morgan fingerprint density at radius 1 is 1.07 bits per heavy atom. The third kappa shape index (κ3) is 3.79. The first-order chi connectivity index (χ1) is 14.3. The minimum Gasteiger partial charge on any atom is -0.497 e. The van der Waals surface area contributed by atoms with Crippen LogP contribution in [0.4, 0.5) is 0 Å². The fourth-order valence-corrected chi connectivity index (χ4v) is 5.50. The first-order valence-corrected chi connectivity index (χ1v) is 11.6. The van der Waals surface area contributed by atoms with Gasteiger partial charge in [-0.1, -0.05) is 0 Å². The Bertz CT molecular complexity index is 1150. The van der Waals surface area contributed by atoms with Crippen LogP contribution < -0.4 is 9.47 Å². The van der Waals surface area contributed by atoms with Gasteiger partial charge in [0.1, 0.15) is 11.5 Å². The molecule has 0 spiro atoms. The third-order valence-electron chi connectivity index (χ3n) is 5.59. The van der Waals surface area contributed by atoms with Crippen LogP contribution in [0.5, 0.6) is 11.5 Å². The highest BCUT2D eigenvalue weighted by atomic mass is 32.2. The van der Waals surface area contributed by atoms with Crippen molar-refractivity contribution in [1.29, 1.82) is 0 Å². The van der Waals surface area contributed by atoms with E-state index in [0.29, 0.717) is 17.2 Å². The molecule has 2 heterocycles. The Hall–Kier alpha value is -2.51. The van der Waals surface area contributed by atoms with E-state index in [-0.39, 0.29) is 11.0 Å². The summed E-state index contributed by atoms with van der Waals surface area (Å²) in [7, 11) is -0.0840. The first-order valence-electron chi connectivity index (χ1n) is 10.2. The maximum absolute atomic E-state index is 13.5. The Labute approximate surface area is 178 Å². The normalized spacial score (nSPS) is 17.7. The predicted molar refractivity (Wildman–Crippen MR) is 118 cm³/mol. The molecule has 30 heavy (non-hydrogen) atoms. The van der Waals surface area contributed by atoms with E-state index in [1.54, 1.807) is 37.6 Å². The zero-order chi connectivity index (χ0) is 21.5. The Morgan fingerprint density at radius 2 is 1.77 bits per heavy atom. The number of benzene rings is 2. The second-order valence-corrected chi connectivity index (χ2v) is 9.97. The van der Waals surface area contributed by atoms with E-state index in [0.717, 1.165) is 36.2 Å². The number of fused-ring (bicyclic) bond motifs is 1. The molecule has 1 unspecified atom stereocenters. The van der Waals surface area contributed by atoms with Crippen LogP contribution in [0.1, 0.15) is 31.7 Å². The summed E-state index contributed by atoms with van der Waals surface area (Å²) in [5.74, 6) is 1.67. The average molecular weight is 429 g/mol. The maximum Gasteiger partial charge on any atom is 0.268 e. The molecule has 1 atom stereocenters. The van der Waals surface area contributed by atoms with Gasteiger partial charge >= 0.3 is 0 Å². The Kier molecular flexibility index (Phi) is 5.51. The van der Waals surface area contributed by atoms with E-state index in [2.05, 4.69) is 11.9 Å². The zero-order valence-corrected chi connectivity index (χ0v) is 18.6. The Balaban J connectivity index is 1.86. The van der Waals surface area contributed by atoms with Crippen LogP contribution in [0.15, 0.2) is 53.6 Å². The highest BCUT2D eigenvalue weighted by Gasteiger charge is 2.28. The summed E-state index contributed by atoms with van der Waals surface area (Å²) in [6.07, 6.45) is 2.86. The molecular weight excluding hydrogens is 400 g/mol. The summed E-state index contributed by atoms with van der Waals surface area (Å²) in [6.45, 7) is 5.88. The SMILES string of the molecule is COc1ccc(S(=O)(=O)n2cc(C3CCN(C)C3)c3cc(OC(C)C)ccc32)cc1. The van der Waals surface area contributed by atoms with E-state index >= 15 is 0 Å². The molecule has 160 valence electrons. The van der Waals surface area contributed by atoms with Crippen molar-refractivity contribution in [3.63, 3.8) is 0 Å². The topological polar surface area (TPSA) is 60.8 Å². The van der Waals surface area contributed by atoms with Crippen LogP contribution in [-0.2, 0) is 10.0 Å². The molecule has 2 aromatic carbocycles. The van der Waals surface area contributed by atoms with Gasteiger partial charge in [0, 0.05) is 18.1 Å². The summed E-state index contributed by atoms with van der Waals surface area (Å²) in [5.41, 5.74) is 1.73. The van der Waals surface area contributed by atoms with Crippen LogP contribution in [-0.4, -0.2) is 50.6 Å². The van der Waals surface area contributed by atoms with Gasteiger partial charge in [-0.3, -0.25) is 0 Å². The summed E-state index contributed by atoms with van der Waals surface area (Å²) in [4.78, 5) is 2.51. The predicted octanol–water partition coefficient (Wildman–Crippen LogP) is 4.09. The number of likely N-dealkylation sites (N-methyl/N-ethyl adjacent to an activating group) is 1. The van der Waals surface area contributed by atoms with Crippen LogP contribution in [0.3, 0.4) is 0 Å². The average Bonchev–Trinajstić information content (AvgIpc) is 3.31. The lowest BCUT2D eigenvalue weighted by molar-refractivity contribution is 0.243. The van der Waals surface area contributed by atoms with E-state index in [1.807, 2.05) is 32.0 Å². The Morgan fingerprint density at radius 3 is 2.37 bits per heavy atom. The van der Waals surface area contributed by atoms with Gasteiger partial charge in [-0.05, 0) is 87.8 Å². The van der Waals surface area contributed by atoms with E-state index in [4.69, 9.17) is 9.47 Å². The number of methoxy groups -OCH3 is 1. The van der Waals surface area contributed by atoms with Gasteiger partial charge in [-0.15, -0.1) is 0 Å². The number of hydrogen-bond acceptors (Lipinski definition) is 5. The lowest BCUT2D eigenvalue weighted by atomic mass is 9.98. The molecule has 3 aromatic rings. The van der Waals surface area contributed by atoms with Crippen LogP contribution in [0.25, 0.3) is 10.9 Å². The molecule has 0 N–H and O–H groups in total. The van der Waals surface area contributed by atoms with Crippen LogP contribution >= 0.6 is 0 Å². The lowest BCUT2D eigenvalue weighted by Gasteiger charge is -2.12. The maximum atomic E-state index is 13.5. The number of rotatable bonds is 6. The summed E-state index contributed by atoms with van der Waals surface area (Å²) < 4.78 is 39.4. The minimum atomic E-state index is -3.74. The molecule has 1 aliphatic rings. The van der Waals surface area contributed by atoms with Crippen molar-refractivity contribution in [3.8, 4) is 11.5 Å². The van der Waals surface area contributed by atoms with Crippen LogP contribution in [0.2, 0.25) is 0 Å². The molecule has 0 bridgehead atoms.